The van der Waals surface area contributed by atoms with Gasteiger partial charge in [0.25, 0.3) is 0 Å². The molecule has 0 amide bonds. The number of aryl methyl sites for hydroxylation is 1. The zero-order valence-corrected chi connectivity index (χ0v) is 16.9. The molecule has 0 aliphatic rings. The van der Waals surface area contributed by atoms with Crippen LogP contribution in [0.15, 0.2) is 34.7 Å². The molecule has 2 aromatic carbocycles. The molecule has 0 fully saturated rings. The smallest absolute Gasteiger partial charge is 0.304 e. The molecule has 0 aliphatic heterocycles. The van der Waals surface area contributed by atoms with Crippen molar-refractivity contribution >= 4 is 5.97 Å². The molecule has 3 aromatic rings. The summed E-state index contributed by atoms with van der Waals surface area (Å²) in [5.41, 5.74) is 1.31. The van der Waals surface area contributed by atoms with Gasteiger partial charge in [-0.2, -0.15) is 0 Å². The highest BCUT2D eigenvalue weighted by molar-refractivity contribution is 5.79. The van der Waals surface area contributed by atoms with E-state index in [2.05, 4.69) is 10.2 Å². The van der Waals surface area contributed by atoms with Crippen molar-refractivity contribution in [3.05, 3.63) is 53.5 Å². The van der Waals surface area contributed by atoms with Gasteiger partial charge in [-0.05, 0) is 29.3 Å². The van der Waals surface area contributed by atoms with Crippen LogP contribution < -0.4 is 14.2 Å². The molecule has 0 saturated carbocycles. The third kappa shape index (κ3) is 4.35. The molecular weight excluding hydrogens is 395 g/mol. The van der Waals surface area contributed by atoms with Gasteiger partial charge in [-0.15, -0.1) is 10.2 Å². The van der Waals surface area contributed by atoms with E-state index < -0.39 is 17.7 Å². The van der Waals surface area contributed by atoms with E-state index in [0.717, 1.165) is 0 Å². The Labute approximate surface area is 172 Å². The Morgan fingerprint density at radius 2 is 1.73 bits per heavy atom. The van der Waals surface area contributed by atoms with Gasteiger partial charge in [0.2, 0.25) is 11.8 Å². The van der Waals surface area contributed by atoms with E-state index in [1.165, 1.54) is 33.5 Å². The Hall–Kier alpha value is -3.62. The molecule has 1 aromatic heterocycles. The lowest BCUT2D eigenvalue weighted by Gasteiger charge is -2.17. The van der Waals surface area contributed by atoms with Gasteiger partial charge in [-0.25, -0.2) is 4.39 Å². The number of aliphatic carboxylic acids is 1. The fourth-order valence-electron chi connectivity index (χ4n) is 3.22. The van der Waals surface area contributed by atoms with Crippen molar-refractivity contribution in [2.24, 2.45) is 0 Å². The van der Waals surface area contributed by atoms with E-state index in [0.29, 0.717) is 33.9 Å². The number of halogens is 1. The summed E-state index contributed by atoms with van der Waals surface area (Å²) in [6.45, 7) is 1.60. The van der Waals surface area contributed by atoms with Crippen molar-refractivity contribution in [2.75, 3.05) is 21.3 Å². The Morgan fingerprint density at radius 3 is 2.23 bits per heavy atom. The van der Waals surface area contributed by atoms with Crippen LogP contribution in [0.4, 0.5) is 4.39 Å². The SMILES string of the molecule is COc1cc(OC)c(-c2cc(F)cc(C(CC(=O)O)c3nnc(C)o3)c2)c(OC)c1. The Bertz CT molecular complexity index is 1040. The van der Waals surface area contributed by atoms with Gasteiger partial charge in [0, 0.05) is 19.1 Å². The van der Waals surface area contributed by atoms with E-state index in [-0.39, 0.29) is 18.2 Å². The van der Waals surface area contributed by atoms with Crippen LogP contribution in [0.2, 0.25) is 0 Å². The second-order valence-corrected chi connectivity index (χ2v) is 6.49. The predicted molar refractivity (Wildman–Crippen MR) is 105 cm³/mol. The molecule has 1 N–H and O–H groups in total. The number of ether oxygens (including phenoxy) is 3. The molecule has 0 aliphatic carbocycles. The van der Waals surface area contributed by atoms with E-state index in [9.17, 15) is 14.3 Å². The highest BCUT2D eigenvalue weighted by Gasteiger charge is 2.26. The van der Waals surface area contributed by atoms with E-state index in [1.54, 1.807) is 25.1 Å². The number of carboxylic acids is 1. The van der Waals surface area contributed by atoms with Crippen LogP contribution in [-0.4, -0.2) is 42.6 Å². The number of hydrogen-bond acceptors (Lipinski definition) is 7. The third-order valence-electron chi connectivity index (χ3n) is 4.54. The summed E-state index contributed by atoms with van der Waals surface area (Å²) in [7, 11) is 4.47. The first kappa shape index (κ1) is 21.1. The van der Waals surface area contributed by atoms with Crippen molar-refractivity contribution in [1.29, 1.82) is 0 Å². The van der Waals surface area contributed by atoms with Crippen LogP contribution in [-0.2, 0) is 4.79 Å². The van der Waals surface area contributed by atoms with Crippen molar-refractivity contribution < 1.29 is 32.9 Å². The number of rotatable bonds is 8. The molecule has 0 spiro atoms. The molecule has 158 valence electrons. The van der Waals surface area contributed by atoms with E-state index in [1.807, 2.05) is 0 Å². The highest BCUT2D eigenvalue weighted by Crippen LogP contribution is 2.43. The molecule has 1 unspecified atom stereocenters. The minimum atomic E-state index is -1.08. The molecular formula is C21H21FN2O6. The highest BCUT2D eigenvalue weighted by atomic mass is 19.1. The maximum Gasteiger partial charge on any atom is 0.304 e. The minimum Gasteiger partial charge on any atom is -0.496 e. The van der Waals surface area contributed by atoms with Crippen LogP contribution in [0, 0.1) is 12.7 Å². The van der Waals surface area contributed by atoms with Gasteiger partial charge in [0.05, 0.1) is 39.2 Å². The average Bonchev–Trinajstić information content (AvgIpc) is 3.16. The summed E-state index contributed by atoms with van der Waals surface area (Å²) in [4.78, 5) is 11.4. The molecule has 1 atom stereocenters. The Balaban J connectivity index is 2.19. The van der Waals surface area contributed by atoms with E-state index >= 15 is 0 Å². The maximum absolute atomic E-state index is 14.6. The van der Waals surface area contributed by atoms with Crippen LogP contribution in [0.3, 0.4) is 0 Å². The fourth-order valence-corrected chi connectivity index (χ4v) is 3.22. The van der Waals surface area contributed by atoms with Crippen molar-refractivity contribution in [3.63, 3.8) is 0 Å². The minimum absolute atomic E-state index is 0.0973. The first-order valence-electron chi connectivity index (χ1n) is 8.99. The Morgan fingerprint density at radius 1 is 1.07 bits per heavy atom. The van der Waals surface area contributed by atoms with Gasteiger partial charge >= 0.3 is 5.97 Å². The number of aromatic nitrogens is 2. The lowest BCUT2D eigenvalue weighted by molar-refractivity contribution is -0.137. The van der Waals surface area contributed by atoms with Gasteiger partial charge in [-0.1, -0.05) is 0 Å². The third-order valence-corrected chi connectivity index (χ3v) is 4.54. The van der Waals surface area contributed by atoms with Crippen LogP contribution in [0.25, 0.3) is 11.1 Å². The van der Waals surface area contributed by atoms with Crippen LogP contribution >= 0.6 is 0 Å². The predicted octanol–water partition coefficient (Wildman–Crippen LogP) is 3.82. The molecule has 8 nitrogen and oxygen atoms in total. The molecule has 1 heterocycles. The van der Waals surface area contributed by atoms with Crippen molar-refractivity contribution in [1.82, 2.24) is 10.2 Å². The summed E-state index contributed by atoms with van der Waals surface area (Å²) in [6, 6.07) is 7.52. The number of nitrogens with zero attached hydrogens (tertiary/aromatic N) is 2. The first-order valence-corrected chi connectivity index (χ1v) is 8.99. The number of carboxylic acid groups (broad SMARTS) is 1. The normalized spacial score (nSPS) is 11.8. The monoisotopic (exact) mass is 416 g/mol. The van der Waals surface area contributed by atoms with Gasteiger partial charge in [0.1, 0.15) is 23.1 Å². The second kappa shape index (κ2) is 8.81. The molecule has 9 heteroatoms. The van der Waals surface area contributed by atoms with E-state index in [4.69, 9.17) is 18.6 Å². The van der Waals surface area contributed by atoms with Gasteiger partial charge < -0.3 is 23.7 Å². The van der Waals surface area contributed by atoms with Crippen LogP contribution in [0.1, 0.15) is 29.7 Å². The molecule has 3 rings (SSSR count). The molecule has 30 heavy (non-hydrogen) atoms. The van der Waals surface area contributed by atoms with Crippen molar-refractivity contribution in [2.45, 2.75) is 19.3 Å². The lowest BCUT2D eigenvalue weighted by Crippen LogP contribution is -2.09. The van der Waals surface area contributed by atoms with Gasteiger partial charge in [0.15, 0.2) is 0 Å². The first-order chi connectivity index (χ1) is 14.4. The lowest BCUT2D eigenvalue weighted by atomic mass is 9.91. The summed E-state index contributed by atoms with van der Waals surface area (Å²) < 4.78 is 36.2. The maximum atomic E-state index is 14.6. The number of hydrogen-bond donors (Lipinski definition) is 1. The number of carbonyl (C=O) groups is 1. The summed E-state index contributed by atoms with van der Waals surface area (Å²) in [5, 5.41) is 17.0. The summed E-state index contributed by atoms with van der Waals surface area (Å²) >= 11 is 0. The molecule has 0 radical (unpaired) electrons. The topological polar surface area (TPSA) is 104 Å². The largest absolute Gasteiger partial charge is 0.496 e. The number of methoxy groups -OCH3 is 3. The quantitative estimate of drug-likeness (QED) is 0.591. The van der Waals surface area contributed by atoms with Crippen LogP contribution in [0.5, 0.6) is 17.2 Å². The zero-order chi connectivity index (χ0) is 21.8. The van der Waals surface area contributed by atoms with Gasteiger partial charge in [-0.3, -0.25) is 4.79 Å². The summed E-state index contributed by atoms with van der Waals surface area (Å²) in [5.74, 6) is -0.758. The number of benzene rings is 2. The average molecular weight is 416 g/mol. The second-order valence-electron chi connectivity index (χ2n) is 6.49. The fraction of sp³-hybridized carbons (Fsp3) is 0.286. The molecule has 0 bridgehead atoms. The standard InChI is InChI=1S/C21H21FN2O6/c1-11-23-24-21(30-11)16(10-19(25)26)12-5-13(7-14(22)6-12)20-17(28-3)8-15(27-2)9-18(20)29-4/h5-9,16H,10H2,1-4H3,(H,25,26). The zero-order valence-electron chi connectivity index (χ0n) is 16.9. The molecule has 0 saturated heterocycles. The summed E-state index contributed by atoms with van der Waals surface area (Å²) in [6.07, 6.45) is -0.346. The Kier molecular flexibility index (Phi) is 6.20. The van der Waals surface area contributed by atoms with Crippen molar-refractivity contribution in [3.8, 4) is 28.4 Å².